The Labute approximate surface area is 131 Å². The van der Waals surface area contributed by atoms with Crippen molar-refractivity contribution in [3.63, 3.8) is 0 Å². The number of hydrogen-bond donors (Lipinski definition) is 0. The molecule has 2 aromatic rings. The van der Waals surface area contributed by atoms with Gasteiger partial charge in [-0.05, 0) is 71.6 Å². The average molecular weight is 284 g/mol. The van der Waals surface area contributed by atoms with Gasteiger partial charge in [0.15, 0.2) is 0 Å². The van der Waals surface area contributed by atoms with Gasteiger partial charge in [0.2, 0.25) is 0 Å². The summed E-state index contributed by atoms with van der Waals surface area (Å²) in [5.74, 6) is 3.57. The smallest absolute Gasteiger partial charge is 0.0159 e. The highest BCUT2D eigenvalue weighted by Gasteiger charge is 2.84. The third-order valence-electron chi connectivity index (χ3n) is 8.54. The van der Waals surface area contributed by atoms with Gasteiger partial charge in [-0.3, -0.25) is 0 Å². The van der Waals surface area contributed by atoms with Gasteiger partial charge in [-0.2, -0.15) is 0 Å². The molecule has 4 bridgehead atoms. The minimum absolute atomic E-state index is 0.533. The maximum atomic E-state index is 2.48. The number of hydrogen-bond acceptors (Lipinski definition) is 0. The highest BCUT2D eigenvalue weighted by atomic mass is 14.9. The van der Waals surface area contributed by atoms with Crippen molar-refractivity contribution in [3.05, 3.63) is 70.8 Å². The molecule has 0 unspecified atom stereocenters. The van der Waals surface area contributed by atoms with Crippen molar-refractivity contribution in [3.8, 4) is 0 Å². The summed E-state index contributed by atoms with van der Waals surface area (Å²) in [4.78, 5) is 0. The molecule has 0 heterocycles. The minimum atomic E-state index is 0.533. The van der Waals surface area contributed by atoms with Crippen LogP contribution >= 0.6 is 0 Å². The molecule has 0 aliphatic heterocycles. The molecule has 3 saturated carbocycles. The molecule has 2 aromatic carbocycles. The van der Waals surface area contributed by atoms with Crippen LogP contribution in [0.1, 0.15) is 59.8 Å². The van der Waals surface area contributed by atoms with Crippen LogP contribution in [0.4, 0.5) is 0 Å². The molecule has 0 radical (unpaired) electrons. The summed E-state index contributed by atoms with van der Waals surface area (Å²) in [7, 11) is 0. The van der Waals surface area contributed by atoms with E-state index in [1.54, 1.807) is 22.3 Å². The molecule has 3 fully saturated rings. The van der Waals surface area contributed by atoms with Crippen molar-refractivity contribution in [1.82, 2.24) is 0 Å². The highest BCUT2D eigenvalue weighted by molar-refractivity contribution is 5.70. The van der Waals surface area contributed by atoms with Gasteiger partial charge in [0.05, 0.1) is 0 Å². The molecule has 0 aromatic heterocycles. The lowest BCUT2D eigenvalue weighted by Crippen LogP contribution is -2.63. The molecular formula is C22H20. The summed E-state index contributed by atoms with van der Waals surface area (Å²) in [6.07, 6.45) is 5.93. The fourth-order valence-electron chi connectivity index (χ4n) is 8.53. The largest absolute Gasteiger partial charge is 0.0620 e. The highest BCUT2D eigenvalue weighted by Crippen LogP contribution is 2.88. The molecule has 0 heteroatoms. The van der Waals surface area contributed by atoms with Crippen LogP contribution in [-0.2, 0) is 10.8 Å². The van der Waals surface area contributed by atoms with E-state index in [1.165, 1.54) is 25.7 Å². The molecule has 6 atom stereocenters. The van der Waals surface area contributed by atoms with E-state index in [4.69, 9.17) is 0 Å². The van der Waals surface area contributed by atoms with Crippen LogP contribution < -0.4 is 0 Å². The second kappa shape index (κ2) is 3.07. The van der Waals surface area contributed by atoms with Gasteiger partial charge in [0.1, 0.15) is 0 Å². The lowest BCUT2D eigenvalue weighted by molar-refractivity contribution is 0.0775. The second-order valence-electron chi connectivity index (χ2n) is 8.46. The number of rotatable bonds is 0. The van der Waals surface area contributed by atoms with E-state index in [0.29, 0.717) is 10.8 Å². The third-order valence-corrected chi connectivity index (χ3v) is 8.54. The van der Waals surface area contributed by atoms with Gasteiger partial charge < -0.3 is 0 Å². The maximum absolute atomic E-state index is 2.48. The van der Waals surface area contributed by atoms with Gasteiger partial charge in [-0.15, -0.1) is 0 Å². The molecule has 7 rings (SSSR count). The van der Waals surface area contributed by atoms with Crippen molar-refractivity contribution in [1.29, 1.82) is 0 Å². The van der Waals surface area contributed by atoms with E-state index in [1.807, 2.05) is 0 Å². The van der Waals surface area contributed by atoms with Crippen LogP contribution in [0.3, 0.4) is 0 Å². The first-order valence-corrected chi connectivity index (χ1v) is 9.09. The Bertz CT molecular complexity index is 781. The summed E-state index contributed by atoms with van der Waals surface area (Å²) >= 11 is 0. The topological polar surface area (TPSA) is 0 Å². The van der Waals surface area contributed by atoms with E-state index in [9.17, 15) is 0 Å². The number of benzene rings is 2. The Balaban J connectivity index is 1.64. The van der Waals surface area contributed by atoms with Crippen molar-refractivity contribution >= 4 is 0 Å². The lowest BCUT2D eigenvalue weighted by atomic mass is 9.37. The Morgan fingerprint density at radius 1 is 0.636 bits per heavy atom. The van der Waals surface area contributed by atoms with Crippen LogP contribution in [0, 0.1) is 11.8 Å². The molecule has 5 aliphatic carbocycles. The monoisotopic (exact) mass is 284 g/mol. The summed E-state index contributed by atoms with van der Waals surface area (Å²) in [6.45, 7) is 0. The summed E-state index contributed by atoms with van der Waals surface area (Å²) in [5, 5.41) is 0. The van der Waals surface area contributed by atoms with Crippen LogP contribution in [0.5, 0.6) is 0 Å². The summed E-state index contributed by atoms with van der Waals surface area (Å²) in [6, 6.07) is 19.0. The Kier molecular flexibility index (Phi) is 1.54. The van der Waals surface area contributed by atoms with Crippen LogP contribution in [0.2, 0.25) is 0 Å². The lowest BCUT2D eigenvalue weighted by Gasteiger charge is -2.65. The van der Waals surface area contributed by atoms with Crippen molar-refractivity contribution in [2.75, 3.05) is 0 Å². The van der Waals surface area contributed by atoms with Gasteiger partial charge in [0.25, 0.3) is 0 Å². The van der Waals surface area contributed by atoms with E-state index in [2.05, 4.69) is 48.5 Å². The molecule has 0 nitrogen and oxygen atoms in total. The first-order chi connectivity index (χ1) is 10.9. The minimum Gasteiger partial charge on any atom is -0.0620 e. The van der Waals surface area contributed by atoms with Gasteiger partial charge in [-0.25, -0.2) is 0 Å². The summed E-state index contributed by atoms with van der Waals surface area (Å²) in [5.41, 5.74) is 8.00. The van der Waals surface area contributed by atoms with Crippen molar-refractivity contribution < 1.29 is 0 Å². The zero-order chi connectivity index (χ0) is 14.1. The zero-order valence-corrected chi connectivity index (χ0v) is 12.8. The normalized spacial score (nSPS) is 47.6. The second-order valence-corrected chi connectivity index (χ2v) is 8.46. The summed E-state index contributed by atoms with van der Waals surface area (Å²) < 4.78 is 0. The number of fused-ring (bicyclic) bond motifs is 8. The average Bonchev–Trinajstić information content (AvgIpc) is 3.27. The van der Waals surface area contributed by atoms with Gasteiger partial charge in [-0.1, -0.05) is 48.5 Å². The fraction of sp³-hybridized carbons (Fsp3) is 0.455. The molecule has 0 saturated heterocycles. The molecule has 5 aliphatic rings. The van der Waals surface area contributed by atoms with Crippen LogP contribution in [0.25, 0.3) is 0 Å². The Hall–Kier alpha value is -1.56. The maximum Gasteiger partial charge on any atom is 0.0159 e. The van der Waals surface area contributed by atoms with Crippen molar-refractivity contribution in [2.45, 2.75) is 48.3 Å². The molecule has 108 valence electrons. The van der Waals surface area contributed by atoms with E-state index in [-0.39, 0.29) is 0 Å². The predicted octanol–water partition coefficient (Wildman–Crippen LogP) is 4.89. The zero-order valence-electron chi connectivity index (χ0n) is 12.8. The van der Waals surface area contributed by atoms with E-state index >= 15 is 0 Å². The fourth-order valence-corrected chi connectivity index (χ4v) is 8.53. The Morgan fingerprint density at radius 3 is 1.68 bits per heavy atom. The van der Waals surface area contributed by atoms with E-state index < -0.39 is 0 Å². The van der Waals surface area contributed by atoms with Gasteiger partial charge in [0, 0.05) is 10.8 Å². The van der Waals surface area contributed by atoms with Crippen LogP contribution in [-0.4, -0.2) is 0 Å². The first kappa shape index (κ1) is 11.0. The molecule has 0 amide bonds. The SMILES string of the molecule is c1ccc2c(c1)[C@H]1C[C@H]2[C@]23c4ccccc4[C@@]12[C@H]1CC[C@H]3C1. The van der Waals surface area contributed by atoms with Crippen LogP contribution in [0.15, 0.2) is 48.5 Å². The standard InChI is InChI=1S/C22H20/c1-2-6-16-15(5-1)19-12-20(16)22-14-10-9-13(11-14)21(19,22)17-7-3-4-8-18(17)22/h1-8,13-14,19-20H,9-12H2/t13-,14-,19+,20+,21-,22-/m0/s1. The molecule has 0 spiro atoms. The quantitative estimate of drug-likeness (QED) is 0.646. The van der Waals surface area contributed by atoms with E-state index in [0.717, 1.165) is 23.7 Å². The van der Waals surface area contributed by atoms with Crippen molar-refractivity contribution in [2.24, 2.45) is 11.8 Å². The predicted molar refractivity (Wildman–Crippen MR) is 87.2 cm³/mol. The van der Waals surface area contributed by atoms with Gasteiger partial charge >= 0.3 is 0 Å². The molecule has 0 N–H and O–H groups in total. The Morgan fingerprint density at radius 2 is 1.14 bits per heavy atom. The third kappa shape index (κ3) is 0.751. The molecule has 22 heavy (non-hydrogen) atoms. The first-order valence-electron chi connectivity index (χ1n) is 9.09. The molecular weight excluding hydrogens is 264 g/mol.